The van der Waals surface area contributed by atoms with Crippen molar-refractivity contribution >= 4 is 67.5 Å². The van der Waals surface area contributed by atoms with Crippen LogP contribution in [0.3, 0.4) is 0 Å². The van der Waals surface area contributed by atoms with Gasteiger partial charge in [-0.2, -0.15) is 9.39 Å². The van der Waals surface area contributed by atoms with E-state index < -0.39 is 21.7 Å². The lowest BCUT2D eigenvalue weighted by atomic mass is 10.1. The Bertz CT molecular complexity index is 1520. The number of benzene rings is 2. The van der Waals surface area contributed by atoms with Gasteiger partial charge in [-0.15, -0.1) is 0 Å². The van der Waals surface area contributed by atoms with Gasteiger partial charge in [0.2, 0.25) is 20.2 Å². The molecule has 14 heteroatoms. The minimum absolute atomic E-state index is 0.0157. The van der Waals surface area contributed by atoms with Crippen molar-refractivity contribution in [1.82, 2.24) is 4.90 Å². The molecular weight excluding hydrogens is 532 g/mol. The van der Waals surface area contributed by atoms with E-state index in [0.29, 0.717) is 29.0 Å². The van der Waals surface area contributed by atoms with Gasteiger partial charge in [0.15, 0.2) is 11.5 Å². The number of aliphatic imine (C=N–C) groups is 1. The lowest BCUT2D eigenvalue weighted by Crippen LogP contribution is -2.45. The van der Waals surface area contributed by atoms with E-state index in [9.17, 15) is 18.0 Å². The summed E-state index contributed by atoms with van der Waals surface area (Å²) >= 11 is 7.00. The molecule has 0 spiro atoms. The number of hydrogen-bond donors (Lipinski definition) is 1. The second kappa shape index (κ2) is 9.76. The van der Waals surface area contributed by atoms with Crippen molar-refractivity contribution in [2.75, 3.05) is 20.5 Å². The van der Waals surface area contributed by atoms with Crippen molar-refractivity contribution in [3.05, 3.63) is 58.1 Å². The number of rotatable bonds is 5. The van der Waals surface area contributed by atoms with Gasteiger partial charge in [0.25, 0.3) is 5.91 Å². The largest absolute Gasteiger partial charge is 0.493 e. The molecule has 2 aliphatic rings. The molecule has 2 aromatic rings. The summed E-state index contributed by atoms with van der Waals surface area (Å²) in [4.78, 5) is 29.9. The Morgan fingerprint density at radius 3 is 2.44 bits per heavy atom. The van der Waals surface area contributed by atoms with Crippen molar-refractivity contribution in [2.45, 2.75) is 0 Å². The van der Waals surface area contributed by atoms with Gasteiger partial charge in [0, 0.05) is 6.26 Å². The van der Waals surface area contributed by atoms with E-state index in [2.05, 4.69) is 9.39 Å². The fourth-order valence-electron chi connectivity index (χ4n) is 3.22. The number of carbonyl (C=O) groups is 2. The number of hydrogen-bond acceptors (Lipinski definition) is 10. The molecule has 0 saturated heterocycles. The number of carbonyl (C=O) groups excluding carboxylic acids is 2. The summed E-state index contributed by atoms with van der Waals surface area (Å²) in [6.45, 7) is 0. The van der Waals surface area contributed by atoms with E-state index in [0.717, 1.165) is 11.2 Å². The summed E-state index contributed by atoms with van der Waals surface area (Å²) < 4.78 is 43.6. The predicted octanol–water partition coefficient (Wildman–Crippen LogP) is 3.20. The molecule has 0 bridgehead atoms. The first-order valence-corrected chi connectivity index (χ1v) is 13.0. The molecule has 36 heavy (non-hydrogen) atoms. The van der Waals surface area contributed by atoms with Crippen molar-refractivity contribution in [1.29, 1.82) is 5.41 Å². The molecule has 4 rings (SSSR count). The number of amides is 1. The normalized spacial score (nSPS) is 16.4. The van der Waals surface area contributed by atoms with Crippen LogP contribution >= 0.6 is 23.5 Å². The number of fused-ring (bicyclic) bond motifs is 1. The lowest BCUT2D eigenvalue weighted by Gasteiger charge is -2.23. The third-order valence-electron chi connectivity index (χ3n) is 4.91. The third kappa shape index (κ3) is 4.85. The second-order valence-corrected chi connectivity index (χ2v) is 10.4. The summed E-state index contributed by atoms with van der Waals surface area (Å²) in [6.07, 6.45) is 2.28. The molecule has 0 aromatic heterocycles. The molecule has 0 aliphatic carbocycles. The van der Waals surface area contributed by atoms with Gasteiger partial charge in [0.1, 0.15) is 11.6 Å². The van der Waals surface area contributed by atoms with Crippen LogP contribution in [0.1, 0.15) is 15.9 Å². The molecule has 2 heterocycles. The van der Waals surface area contributed by atoms with Gasteiger partial charge in [-0.25, -0.2) is 18.1 Å². The van der Waals surface area contributed by atoms with Gasteiger partial charge in [-0.05, 0) is 42.0 Å². The quantitative estimate of drug-likeness (QED) is 0.257. The predicted molar refractivity (Wildman–Crippen MR) is 136 cm³/mol. The van der Waals surface area contributed by atoms with Crippen molar-refractivity contribution in [2.24, 2.45) is 9.39 Å². The van der Waals surface area contributed by atoms with E-state index >= 15 is 0 Å². The number of ether oxygens (including phenoxy) is 3. The summed E-state index contributed by atoms with van der Waals surface area (Å²) in [5, 5.41) is 8.05. The highest BCUT2D eigenvalue weighted by atomic mass is 35.5. The topological polar surface area (TPSA) is 148 Å². The lowest BCUT2D eigenvalue weighted by molar-refractivity contribution is -0.114. The first-order chi connectivity index (χ1) is 17.0. The number of amidine groups is 3. The van der Waals surface area contributed by atoms with Crippen molar-refractivity contribution in [3.8, 4) is 17.2 Å². The summed E-state index contributed by atoms with van der Waals surface area (Å²) in [5.74, 6) is -0.944. The van der Waals surface area contributed by atoms with Crippen LogP contribution in [-0.2, 0) is 14.6 Å². The molecule has 0 saturated carbocycles. The standard InChI is InChI=1S/C22H17ClN4O7S2/c1-32-16-7-5-12(10-17(16)33-2)20(29)34-15-6-4-11(9-14(15)23)8-13-18(24)27-21(25-19(13)28)35-26-22(27)36(3,30)31/h4-10,24H,1-3H3/b13-8-,24-18?. The molecule has 11 nitrogen and oxygen atoms in total. The van der Waals surface area contributed by atoms with E-state index in [1.54, 1.807) is 6.07 Å². The fraction of sp³-hybridized carbons (Fsp3) is 0.136. The first-order valence-electron chi connectivity index (χ1n) is 9.96. The zero-order valence-corrected chi connectivity index (χ0v) is 21.3. The van der Waals surface area contributed by atoms with Crippen LogP contribution in [-0.4, -0.2) is 61.8 Å². The Balaban J connectivity index is 1.58. The average Bonchev–Trinajstić information content (AvgIpc) is 3.27. The van der Waals surface area contributed by atoms with E-state index in [1.165, 1.54) is 50.6 Å². The van der Waals surface area contributed by atoms with Crippen LogP contribution in [0.5, 0.6) is 17.2 Å². The Morgan fingerprint density at radius 2 is 1.81 bits per heavy atom. The average molecular weight is 549 g/mol. The Kier molecular flexibility index (Phi) is 6.89. The highest BCUT2D eigenvalue weighted by Crippen LogP contribution is 2.32. The van der Waals surface area contributed by atoms with Gasteiger partial charge in [-0.1, -0.05) is 17.7 Å². The highest BCUT2D eigenvalue weighted by molar-refractivity contribution is 8.16. The Labute approximate surface area is 215 Å². The Hall–Kier alpha value is -3.68. The monoisotopic (exact) mass is 548 g/mol. The number of methoxy groups -OCH3 is 2. The number of nitrogens with zero attached hydrogens (tertiary/aromatic N) is 3. The van der Waals surface area contributed by atoms with Gasteiger partial charge >= 0.3 is 5.97 Å². The smallest absolute Gasteiger partial charge is 0.343 e. The minimum Gasteiger partial charge on any atom is -0.493 e. The minimum atomic E-state index is -3.76. The van der Waals surface area contributed by atoms with Crippen LogP contribution < -0.4 is 14.2 Å². The summed E-state index contributed by atoms with van der Waals surface area (Å²) in [6, 6.07) is 8.91. The van der Waals surface area contributed by atoms with E-state index in [4.69, 9.17) is 31.2 Å². The number of nitrogens with one attached hydrogen (secondary N) is 1. The van der Waals surface area contributed by atoms with E-state index in [-0.39, 0.29) is 38.1 Å². The molecule has 0 fully saturated rings. The molecule has 0 atom stereocenters. The summed E-state index contributed by atoms with van der Waals surface area (Å²) in [7, 11) is -0.848. The SMILES string of the molecule is COc1ccc(C(=O)Oc2ccc(/C=C3/C(=N)N4C(=NC3=O)SN=C4S(C)(=O)=O)cc2Cl)cc1OC. The third-order valence-corrected chi connectivity index (χ3v) is 6.96. The van der Waals surface area contributed by atoms with Crippen molar-refractivity contribution < 1.29 is 32.2 Å². The molecule has 2 aliphatic heterocycles. The fourth-order valence-corrected chi connectivity index (χ4v) is 5.29. The molecule has 1 N–H and O–H groups in total. The maximum absolute atomic E-state index is 12.6. The summed E-state index contributed by atoms with van der Waals surface area (Å²) in [5.41, 5.74) is 0.433. The highest BCUT2D eigenvalue weighted by Gasteiger charge is 2.41. The zero-order valence-electron chi connectivity index (χ0n) is 18.9. The van der Waals surface area contributed by atoms with E-state index in [1.807, 2.05) is 0 Å². The molecular formula is C22H17ClN4O7S2. The Morgan fingerprint density at radius 1 is 1.11 bits per heavy atom. The maximum Gasteiger partial charge on any atom is 0.343 e. The van der Waals surface area contributed by atoms with Gasteiger partial charge < -0.3 is 14.2 Å². The van der Waals surface area contributed by atoms with Crippen LogP contribution in [0.25, 0.3) is 6.08 Å². The second-order valence-electron chi connectivity index (χ2n) is 7.33. The molecule has 186 valence electrons. The molecule has 1 amide bonds. The van der Waals surface area contributed by atoms with Gasteiger partial charge in [0.05, 0.1) is 42.3 Å². The van der Waals surface area contributed by atoms with Crippen LogP contribution in [0.15, 0.2) is 51.4 Å². The zero-order chi connectivity index (χ0) is 26.2. The van der Waals surface area contributed by atoms with Crippen molar-refractivity contribution in [3.63, 3.8) is 0 Å². The van der Waals surface area contributed by atoms with Crippen LogP contribution in [0.2, 0.25) is 5.02 Å². The number of halogens is 1. The van der Waals surface area contributed by atoms with Gasteiger partial charge in [-0.3, -0.25) is 10.2 Å². The molecule has 0 radical (unpaired) electrons. The maximum atomic E-state index is 12.6. The van der Waals surface area contributed by atoms with Crippen LogP contribution in [0.4, 0.5) is 0 Å². The number of esters is 1. The number of sulfone groups is 1. The van der Waals surface area contributed by atoms with Crippen LogP contribution in [0, 0.1) is 5.41 Å². The molecule has 0 unspecified atom stereocenters. The molecule has 2 aromatic carbocycles. The first kappa shape index (κ1) is 25.4.